The monoisotopic (exact) mass is 364 g/mol. The van der Waals surface area contributed by atoms with Crippen molar-refractivity contribution in [3.8, 4) is 5.69 Å². The van der Waals surface area contributed by atoms with Crippen LogP contribution in [0.1, 0.15) is 36.8 Å². The maximum Gasteiger partial charge on any atom is 0.227 e. The van der Waals surface area contributed by atoms with Gasteiger partial charge in [0.1, 0.15) is 0 Å². The van der Waals surface area contributed by atoms with Gasteiger partial charge in [-0.15, -0.1) is 0 Å². The van der Waals surface area contributed by atoms with Gasteiger partial charge in [-0.3, -0.25) is 9.69 Å². The van der Waals surface area contributed by atoms with E-state index in [9.17, 15) is 4.79 Å². The number of amides is 1. The number of hydrogen-bond acceptors (Lipinski definition) is 3. The van der Waals surface area contributed by atoms with Crippen molar-refractivity contribution in [2.45, 2.75) is 45.2 Å². The van der Waals surface area contributed by atoms with Crippen LogP contribution in [0.3, 0.4) is 0 Å². The Bertz CT molecular complexity index is 827. The molecule has 6 rings (SSSR count). The van der Waals surface area contributed by atoms with E-state index in [0.717, 1.165) is 44.2 Å². The lowest BCUT2D eigenvalue weighted by Crippen LogP contribution is -2.48. The van der Waals surface area contributed by atoms with Crippen LogP contribution >= 0.6 is 0 Å². The van der Waals surface area contributed by atoms with Crippen LogP contribution in [-0.4, -0.2) is 51.2 Å². The Morgan fingerprint density at radius 3 is 2.78 bits per heavy atom. The highest BCUT2D eigenvalue weighted by atomic mass is 16.2. The molecule has 1 aromatic carbocycles. The molecule has 2 bridgehead atoms. The fraction of sp³-hybridized carbons (Fsp3) is 0.545. The second kappa shape index (κ2) is 6.79. The number of piperidine rings is 1. The second-order valence-electron chi connectivity index (χ2n) is 8.62. The predicted octanol–water partition coefficient (Wildman–Crippen LogP) is 3.01. The van der Waals surface area contributed by atoms with E-state index in [1.54, 1.807) is 6.20 Å². The smallest absolute Gasteiger partial charge is 0.227 e. The molecular formula is C22H28N4O. The molecule has 142 valence electrons. The summed E-state index contributed by atoms with van der Waals surface area (Å²) in [5.74, 6) is 1.40. The minimum absolute atomic E-state index is 0.200. The van der Waals surface area contributed by atoms with Crippen molar-refractivity contribution in [1.29, 1.82) is 0 Å². The third-order valence-electron chi connectivity index (χ3n) is 6.51. The van der Waals surface area contributed by atoms with Crippen molar-refractivity contribution < 1.29 is 4.79 Å². The molecule has 3 aliphatic heterocycles. The van der Waals surface area contributed by atoms with Gasteiger partial charge in [0.25, 0.3) is 0 Å². The molecule has 1 aromatic heterocycles. The molecule has 4 aliphatic rings. The minimum atomic E-state index is 0.200. The van der Waals surface area contributed by atoms with E-state index >= 15 is 0 Å². The molecule has 2 aromatic rings. The Hall–Kier alpha value is -2.14. The van der Waals surface area contributed by atoms with Crippen molar-refractivity contribution in [3.05, 3.63) is 47.8 Å². The highest BCUT2D eigenvalue weighted by molar-refractivity contribution is 5.80. The number of carbonyl (C=O) groups is 1. The lowest BCUT2D eigenvalue weighted by Gasteiger charge is -2.36. The predicted molar refractivity (Wildman–Crippen MR) is 105 cm³/mol. The molecule has 0 N–H and O–H groups in total. The number of carbonyl (C=O) groups excluding carboxylic acids is 1. The van der Waals surface area contributed by atoms with Gasteiger partial charge < -0.3 is 4.90 Å². The minimum Gasteiger partial charge on any atom is -0.338 e. The first-order valence-corrected chi connectivity index (χ1v) is 10.3. The second-order valence-corrected chi connectivity index (χ2v) is 8.62. The molecule has 1 aliphatic carbocycles. The maximum absolute atomic E-state index is 12.9. The Morgan fingerprint density at radius 2 is 2.04 bits per heavy atom. The van der Waals surface area contributed by atoms with Crippen molar-refractivity contribution in [2.75, 3.05) is 19.6 Å². The van der Waals surface area contributed by atoms with Gasteiger partial charge >= 0.3 is 0 Å². The van der Waals surface area contributed by atoms with Crippen molar-refractivity contribution in [3.63, 3.8) is 0 Å². The van der Waals surface area contributed by atoms with Crippen molar-refractivity contribution in [1.82, 2.24) is 19.6 Å². The number of fused-ring (bicyclic) bond motifs is 4. The zero-order valence-corrected chi connectivity index (χ0v) is 16.1. The summed E-state index contributed by atoms with van der Waals surface area (Å²) in [7, 11) is 0. The third kappa shape index (κ3) is 3.41. The van der Waals surface area contributed by atoms with E-state index in [4.69, 9.17) is 0 Å². The number of nitrogens with zero attached hydrogens (tertiary/aromatic N) is 4. The van der Waals surface area contributed by atoms with Gasteiger partial charge in [-0.2, -0.15) is 5.10 Å². The first kappa shape index (κ1) is 17.0. The van der Waals surface area contributed by atoms with E-state index in [0.29, 0.717) is 11.9 Å². The summed E-state index contributed by atoms with van der Waals surface area (Å²) in [5.41, 5.74) is 3.75. The van der Waals surface area contributed by atoms with Gasteiger partial charge in [0, 0.05) is 44.6 Å². The quantitative estimate of drug-likeness (QED) is 0.819. The largest absolute Gasteiger partial charge is 0.338 e. The molecule has 5 heteroatoms. The Kier molecular flexibility index (Phi) is 4.27. The first-order valence-electron chi connectivity index (χ1n) is 10.3. The molecule has 2 atom stereocenters. The molecule has 0 unspecified atom stereocenters. The average Bonchev–Trinajstić information content (AvgIpc) is 3.38. The number of hydrogen-bond donors (Lipinski definition) is 0. The molecular weight excluding hydrogens is 336 g/mol. The number of benzene rings is 1. The SMILES string of the molecule is Cc1cc(-n2cccn2)ccc1CN1C[C@H]2CC[C@@H](C1)N(CC1CC1)C2=O. The van der Waals surface area contributed by atoms with Crippen LogP contribution in [-0.2, 0) is 11.3 Å². The molecule has 27 heavy (non-hydrogen) atoms. The molecule has 4 heterocycles. The van der Waals surface area contributed by atoms with Gasteiger partial charge in [0.2, 0.25) is 5.91 Å². The van der Waals surface area contributed by atoms with E-state index in [2.05, 4.69) is 40.0 Å². The number of rotatable bonds is 5. The van der Waals surface area contributed by atoms with Gasteiger partial charge in [-0.05, 0) is 67.9 Å². The van der Waals surface area contributed by atoms with Crippen LogP contribution in [0.25, 0.3) is 5.69 Å². The molecule has 3 saturated heterocycles. The molecule has 0 spiro atoms. The summed E-state index contributed by atoms with van der Waals surface area (Å²) < 4.78 is 1.90. The third-order valence-corrected chi connectivity index (χ3v) is 6.51. The van der Waals surface area contributed by atoms with Crippen LogP contribution in [0.4, 0.5) is 0 Å². The van der Waals surface area contributed by atoms with Crippen LogP contribution in [0.2, 0.25) is 0 Å². The van der Waals surface area contributed by atoms with Crippen LogP contribution in [0.5, 0.6) is 0 Å². The lowest BCUT2D eigenvalue weighted by molar-refractivity contribution is -0.140. The molecule has 4 fully saturated rings. The van der Waals surface area contributed by atoms with E-state index in [-0.39, 0.29) is 5.92 Å². The highest BCUT2D eigenvalue weighted by Gasteiger charge is 2.42. The Balaban J connectivity index is 1.32. The summed E-state index contributed by atoms with van der Waals surface area (Å²) in [6, 6.07) is 8.94. The van der Waals surface area contributed by atoms with E-state index in [1.165, 1.54) is 30.4 Å². The summed E-state index contributed by atoms with van der Waals surface area (Å²) in [4.78, 5) is 17.7. The van der Waals surface area contributed by atoms with Crippen LogP contribution in [0, 0.1) is 18.8 Å². The fourth-order valence-electron chi connectivity index (χ4n) is 4.74. The van der Waals surface area contributed by atoms with Crippen LogP contribution < -0.4 is 0 Å². The van der Waals surface area contributed by atoms with E-state index in [1.807, 2.05) is 16.9 Å². The summed E-state index contributed by atoms with van der Waals surface area (Å²) in [6.07, 6.45) is 8.65. The van der Waals surface area contributed by atoms with Crippen molar-refractivity contribution >= 4 is 5.91 Å². The van der Waals surface area contributed by atoms with Gasteiger partial charge in [-0.1, -0.05) is 6.07 Å². The molecule has 1 amide bonds. The lowest BCUT2D eigenvalue weighted by atomic mass is 9.94. The molecule has 1 saturated carbocycles. The van der Waals surface area contributed by atoms with Gasteiger partial charge in [0.15, 0.2) is 0 Å². The normalized spacial score (nSPS) is 25.8. The van der Waals surface area contributed by atoms with Crippen molar-refractivity contribution in [2.24, 2.45) is 11.8 Å². The topological polar surface area (TPSA) is 41.4 Å². The number of aromatic nitrogens is 2. The van der Waals surface area contributed by atoms with Gasteiger partial charge in [0.05, 0.1) is 11.6 Å². The summed E-state index contributed by atoms with van der Waals surface area (Å²) in [6.45, 7) is 6.06. The molecule has 0 radical (unpaired) electrons. The van der Waals surface area contributed by atoms with Crippen LogP contribution in [0.15, 0.2) is 36.7 Å². The average molecular weight is 364 g/mol. The zero-order valence-electron chi connectivity index (χ0n) is 16.1. The zero-order chi connectivity index (χ0) is 18.4. The highest BCUT2D eigenvalue weighted by Crippen LogP contribution is 2.36. The Labute approximate surface area is 161 Å². The maximum atomic E-state index is 12.9. The number of aryl methyl sites for hydroxylation is 1. The summed E-state index contributed by atoms with van der Waals surface area (Å²) >= 11 is 0. The van der Waals surface area contributed by atoms with E-state index < -0.39 is 0 Å². The standard InChI is InChI=1S/C22H28N4O/c1-16-11-20(26-10-2-9-23-26)7-5-18(16)13-24-14-19-6-8-21(15-24)25(22(19)27)12-17-3-4-17/h2,5,7,9-11,17,19,21H,3-4,6,8,12-15H2,1H3/t19-,21+/m1/s1. The van der Waals surface area contributed by atoms with Gasteiger partial charge in [-0.25, -0.2) is 4.68 Å². The fourth-order valence-corrected chi connectivity index (χ4v) is 4.74. The molecule has 5 nitrogen and oxygen atoms in total. The summed E-state index contributed by atoms with van der Waals surface area (Å²) in [5, 5.41) is 4.32. The first-order chi connectivity index (χ1) is 13.2. The Morgan fingerprint density at radius 1 is 1.15 bits per heavy atom.